The Balaban J connectivity index is 0.00000324. The second-order valence-electron chi connectivity index (χ2n) is 7.85. The lowest BCUT2D eigenvalue weighted by atomic mass is 10.2. The van der Waals surface area contributed by atoms with Crippen molar-refractivity contribution in [1.82, 2.24) is 9.88 Å². The van der Waals surface area contributed by atoms with Crippen LogP contribution in [0.15, 0.2) is 36.4 Å². The van der Waals surface area contributed by atoms with Crippen molar-refractivity contribution in [2.45, 2.75) is 13.3 Å². The van der Waals surface area contributed by atoms with E-state index in [1.165, 1.54) is 11.3 Å². The standard InChI is InChI=1S/C24H28ClN3O4S.ClH/c1-17-4-9-20(30-2)22-23(17)33-24(26-22)28(11-3-10-27-12-14-31-15-13-27)21(29)16-32-19-7-5-18(25)6-8-19;/h4-9H,3,10-16H2,1-2H3;1H. The third-order valence-electron chi connectivity index (χ3n) is 5.58. The molecule has 0 spiro atoms. The Morgan fingerprint density at radius 3 is 2.65 bits per heavy atom. The molecule has 2 heterocycles. The van der Waals surface area contributed by atoms with Crippen molar-refractivity contribution in [1.29, 1.82) is 0 Å². The van der Waals surface area contributed by atoms with Crippen molar-refractivity contribution in [3.8, 4) is 11.5 Å². The normalized spacial score (nSPS) is 14.0. The lowest BCUT2D eigenvalue weighted by molar-refractivity contribution is -0.120. The molecule has 0 unspecified atom stereocenters. The monoisotopic (exact) mass is 525 g/mol. The highest BCUT2D eigenvalue weighted by Gasteiger charge is 2.22. The largest absolute Gasteiger partial charge is 0.494 e. The van der Waals surface area contributed by atoms with E-state index in [1.807, 2.05) is 19.1 Å². The van der Waals surface area contributed by atoms with E-state index in [2.05, 4.69) is 4.90 Å². The molecule has 1 aromatic heterocycles. The summed E-state index contributed by atoms with van der Waals surface area (Å²) in [6.07, 6.45) is 0.832. The van der Waals surface area contributed by atoms with E-state index >= 15 is 0 Å². The number of ether oxygens (including phenoxy) is 3. The number of benzene rings is 2. The van der Waals surface area contributed by atoms with E-state index in [1.54, 1.807) is 36.3 Å². The summed E-state index contributed by atoms with van der Waals surface area (Å²) in [6, 6.07) is 10.9. The van der Waals surface area contributed by atoms with Crippen molar-refractivity contribution in [3.05, 3.63) is 47.0 Å². The summed E-state index contributed by atoms with van der Waals surface area (Å²) in [5.41, 5.74) is 1.88. The summed E-state index contributed by atoms with van der Waals surface area (Å²) in [6.45, 7) is 6.78. The minimum absolute atomic E-state index is 0. The van der Waals surface area contributed by atoms with Crippen LogP contribution in [-0.2, 0) is 9.53 Å². The number of aromatic nitrogens is 1. The Morgan fingerprint density at radius 1 is 1.21 bits per heavy atom. The van der Waals surface area contributed by atoms with E-state index in [0.717, 1.165) is 55.0 Å². The predicted octanol–water partition coefficient (Wildman–Crippen LogP) is 4.82. The van der Waals surface area contributed by atoms with Crippen LogP contribution >= 0.6 is 35.3 Å². The van der Waals surface area contributed by atoms with Gasteiger partial charge in [-0.05, 0) is 49.2 Å². The van der Waals surface area contributed by atoms with Gasteiger partial charge >= 0.3 is 0 Å². The topological polar surface area (TPSA) is 64.1 Å². The van der Waals surface area contributed by atoms with E-state index < -0.39 is 0 Å². The third-order valence-corrected chi connectivity index (χ3v) is 7.05. The number of amides is 1. The van der Waals surface area contributed by atoms with Gasteiger partial charge in [0.2, 0.25) is 0 Å². The summed E-state index contributed by atoms with van der Waals surface area (Å²) in [5, 5.41) is 1.28. The van der Waals surface area contributed by atoms with Gasteiger partial charge in [-0.3, -0.25) is 14.6 Å². The van der Waals surface area contributed by atoms with Crippen molar-refractivity contribution in [2.24, 2.45) is 0 Å². The first-order valence-electron chi connectivity index (χ1n) is 11.0. The minimum atomic E-state index is -0.136. The van der Waals surface area contributed by atoms with Gasteiger partial charge in [-0.25, -0.2) is 4.98 Å². The van der Waals surface area contributed by atoms with Crippen LogP contribution in [0.2, 0.25) is 5.02 Å². The molecule has 10 heteroatoms. The summed E-state index contributed by atoms with van der Waals surface area (Å²) in [7, 11) is 1.63. The number of thiazole rings is 1. The number of hydrogen-bond acceptors (Lipinski definition) is 7. The molecule has 3 aromatic rings. The first-order chi connectivity index (χ1) is 16.0. The van der Waals surface area contributed by atoms with Crippen molar-refractivity contribution >= 4 is 56.6 Å². The zero-order chi connectivity index (χ0) is 23.2. The van der Waals surface area contributed by atoms with Gasteiger partial charge in [-0.1, -0.05) is 29.0 Å². The number of carbonyl (C=O) groups excluding carboxylic acids is 1. The molecular formula is C24H29Cl2N3O4S. The van der Waals surface area contributed by atoms with E-state index in [9.17, 15) is 4.79 Å². The minimum Gasteiger partial charge on any atom is -0.494 e. The molecule has 1 amide bonds. The summed E-state index contributed by atoms with van der Waals surface area (Å²) in [4.78, 5) is 22.1. The Kier molecular flexibility index (Phi) is 9.79. The highest BCUT2D eigenvalue weighted by atomic mass is 35.5. The number of halogens is 2. The summed E-state index contributed by atoms with van der Waals surface area (Å²) in [5.74, 6) is 1.17. The molecule has 0 N–H and O–H groups in total. The maximum absolute atomic E-state index is 13.3. The van der Waals surface area contributed by atoms with Gasteiger partial charge in [0, 0.05) is 31.2 Å². The van der Waals surface area contributed by atoms with Gasteiger partial charge < -0.3 is 14.2 Å². The van der Waals surface area contributed by atoms with Gasteiger partial charge in [-0.2, -0.15) is 0 Å². The predicted molar refractivity (Wildman–Crippen MR) is 139 cm³/mol. The Labute approximate surface area is 215 Å². The quantitative estimate of drug-likeness (QED) is 0.398. The Morgan fingerprint density at radius 2 is 1.94 bits per heavy atom. The number of anilines is 1. The smallest absolute Gasteiger partial charge is 0.266 e. The Hall–Kier alpha value is -2.10. The van der Waals surface area contributed by atoms with Crippen molar-refractivity contribution < 1.29 is 19.0 Å². The van der Waals surface area contributed by atoms with E-state index in [-0.39, 0.29) is 24.9 Å². The molecule has 2 aromatic carbocycles. The number of carbonyl (C=O) groups is 1. The van der Waals surface area contributed by atoms with Crippen molar-refractivity contribution in [2.75, 3.05) is 58.0 Å². The van der Waals surface area contributed by atoms with Crippen LogP contribution in [0.4, 0.5) is 5.13 Å². The van der Waals surface area contributed by atoms with E-state index in [0.29, 0.717) is 28.2 Å². The fourth-order valence-electron chi connectivity index (χ4n) is 3.74. The molecule has 7 nitrogen and oxygen atoms in total. The molecule has 0 radical (unpaired) electrons. The molecule has 1 aliphatic rings. The molecule has 0 bridgehead atoms. The van der Waals surface area contributed by atoms with Crippen LogP contribution in [0.5, 0.6) is 11.5 Å². The van der Waals surface area contributed by atoms with Crippen LogP contribution in [0.25, 0.3) is 10.2 Å². The molecule has 1 saturated heterocycles. The SMILES string of the molecule is COc1ccc(C)c2sc(N(CCCN3CCOCC3)C(=O)COc3ccc(Cl)cc3)nc12.Cl. The van der Waals surface area contributed by atoms with Gasteiger partial charge in [0.1, 0.15) is 17.0 Å². The van der Waals surface area contributed by atoms with Crippen molar-refractivity contribution in [3.63, 3.8) is 0 Å². The second kappa shape index (κ2) is 12.6. The lowest BCUT2D eigenvalue weighted by Crippen LogP contribution is -2.40. The molecule has 0 aliphatic carbocycles. The molecule has 0 atom stereocenters. The summed E-state index contributed by atoms with van der Waals surface area (Å²) < 4.78 is 17.7. The van der Waals surface area contributed by atoms with Gasteiger partial charge in [0.15, 0.2) is 11.7 Å². The van der Waals surface area contributed by atoms with Gasteiger partial charge in [0.05, 0.1) is 25.0 Å². The second-order valence-corrected chi connectivity index (χ2v) is 9.27. The third kappa shape index (κ3) is 6.52. The maximum Gasteiger partial charge on any atom is 0.266 e. The molecule has 184 valence electrons. The molecule has 4 rings (SSSR count). The van der Waals surface area contributed by atoms with Crippen LogP contribution in [-0.4, -0.2) is 68.9 Å². The molecule has 1 aliphatic heterocycles. The number of hydrogen-bond donors (Lipinski definition) is 0. The molecule has 1 fully saturated rings. The molecule has 34 heavy (non-hydrogen) atoms. The average molecular weight is 526 g/mol. The van der Waals surface area contributed by atoms with Crippen LogP contribution in [0.3, 0.4) is 0 Å². The highest BCUT2D eigenvalue weighted by Crippen LogP contribution is 2.36. The summed E-state index contributed by atoms with van der Waals surface area (Å²) >= 11 is 7.45. The Bertz CT molecular complexity index is 1090. The average Bonchev–Trinajstić information content (AvgIpc) is 3.28. The van der Waals surface area contributed by atoms with Gasteiger partial charge in [0.25, 0.3) is 5.91 Å². The number of fused-ring (bicyclic) bond motifs is 1. The zero-order valence-corrected chi connectivity index (χ0v) is 21.7. The number of methoxy groups -OCH3 is 1. The number of nitrogens with zero attached hydrogens (tertiary/aromatic N) is 3. The molecule has 0 saturated carbocycles. The van der Waals surface area contributed by atoms with Crippen LogP contribution < -0.4 is 14.4 Å². The number of morpholine rings is 1. The van der Waals surface area contributed by atoms with Crippen LogP contribution in [0, 0.1) is 6.92 Å². The number of rotatable bonds is 9. The van der Waals surface area contributed by atoms with Crippen LogP contribution in [0.1, 0.15) is 12.0 Å². The lowest BCUT2D eigenvalue weighted by Gasteiger charge is -2.27. The number of aryl methyl sites for hydroxylation is 1. The fraction of sp³-hybridized carbons (Fsp3) is 0.417. The highest BCUT2D eigenvalue weighted by molar-refractivity contribution is 7.22. The zero-order valence-electron chi connectivity index (χ0n) is 19.3. The molecular weight excluding hydrogens is 497 g/mol. The maximum atomic E-state index is 13.3. The first kappa shape index (κ1) is 26.5. The van der Waals surface area contributed by atoms with Gasteiger partial charge in [-0.15, -0.1) is 12.4 Å². The van der Waals surface area contributed by atoms with E-state index in [4.69, 9.17) is 30.8 Å². The first-order valence-corrected chi connectivity index (χ1v) is 12.2. The fourth-order valence-corrected chi connectivity index (χ4v) is 4.96.